The standard InChI is InChI=1S/C28H31F2N7O2/c1-7-25(38)33-21-13-22(24(39-6)14-23(21)37(5)11-10-36(3)4)35-28-31-9-8-20(34-28)18-15-32-27-17(18)12-19(29)16(2)26(27)30/h7-9,12-15,32H,1,10-11H2,2-6H3,(H,33,38)(H,31,34,35). The van der Waals surface area contributed by atoms with Crippen molar-refractivity contribution in [3.63, 3.8) is 0 Å². The van der Waals surface area contributed by atoms with Crippen LogP contribution in [0.1, 0.15) is 5.56 Å². The molecule has 2 aromatic carbocycles. The molecule has 0 aliphatic heterocycles. The van der Waals surface area contributed by atoms with Crippen LogP contribution in [0.25, 0.3) is 22.2 Å². The molecule has 0 spiro atoms. The number of hydrogen-bond acceptors (Lipinski definition) is 7. The zero-order valence-corrected chi connectivity index (χ0v) is 22.5. The topological polar surface area (TPSA) is 98.4 Å². The van der Waals surface area contributed by atoms with Gasteiger partial charge in [-0.1, -0.05) is 6.58 Å². The van der Waals surface area contributed by atoms with Crippen LogP contribution < -0.4 is 20.3 Å². The molecule has 4 rings (SSSR count). The molecule has 204 valence electrons. The van der Waals surface area contributed by atoms with E-state index in [1.54, 1.807) is 31.6 Å². The number of H-pyrrole nitrogens is 1. The second kappa shape index (κ2) is 11.5. The van der Waals surface area contributed by atoms with Gasteiger partial charge in [-0.05, 0) is 45.3 Å². The lowest BCUT2D eigenvalue weighted by molar-refractivity contribution is -0.111. The number of aromatic nitrogens is 3. The molecule has 0 bridgehead atoms. The van der Waals surface area contributed by atoms with Gasteiger partial charge in [0.1, 0.15) is 11.6 Å². The van der Waals surface area contributed by atoms with Crippen LogP contribution in [0.5, 0.6) is 5.75 Å². The van der Waals surface area contributed by atoms with Gasteiger partial charge in [-0.3, -0.25) is 4.79 Å². The average molecular weight is 536 g/mol. The highest BCUT2D eigenvalue weighted by atomic mass is 19.1. The first-order valence-corrected chi connectivity index (χ1v) is 12.2. The zero-order valence-electron chi connectivity index (χ0n) is 22.5. The molecule has 0 saturated heterocycles. The molecule has 0 atom stereocenters. The molecule has 0 aliphatic rings. The van der Waals surface area contributed by atoms with Crippen molar-refractivity contribution < 1.29 is 18.3 Å². The van der Waals surface area contributed by atoms with E-state index in [-0.39, 0.29) is 22.9 Å². The number of nitrogens with zero attached hydrogens (tertiary/aromatic N) is 4. The van der Waals surface area contributed by atoms with E-state index in [0.717, 1.165) is 12.2 Å². The van der Waals surface area contributed by atoms with E-state index in [4.69, 9.17) is 4.74 Å². The number of anilines is 4. The van der Waals surface area contributed by atoms with E-state index >= 15 is 0 Å². The lowest BCUT2D eigenvalue weighted by Gasteiger charge is -2.26. The van der Waals surface area contributed by atoms with Gasteiger partial charge in [0.2, 0.25) is 11.9 Å². The van der Waals surface area contributed by atoms with Crippen LogP contribution in [0.3, 0.4) is 0 Å². The molecule has 0 saturated carbocycles. The molecule has 39 heavy (non-hydrogen) atoms. The van der Waals surface area contributed by atoms with Gasteiger partial charge in [0.15, 0.2) is 5.82 Å². The first-order valence-electron chi connectivity index (χ1n) is 12.2. The predicted octanol–water partition coefficient (Wildman–Crippen LogP) is 5.09. The van der Waals surface area contributed by atoms with E-state index < -0.39 is 11.6 Å². The van der Waals surface area contributed by atoms with Crippen molar-refractivity contribution in [1.29, 1.82) is 0 Å². The molecule has 4 aromatic rings. The quantitative estimate of drug-likeness (QED) is 0.244. The summed E-state index contributed by atoms with van der Waals surface area (Å²) in [5.74, 6) is -0.913. The second-order valence-electron chi connectivity index (χ2n) is 9.30. The summed E-state index contributed by atoms with van der Waals surface area (Å²) in [4.78, 5) is 28.0. The van der Waals surface area contributed by atoms with E-state index in [0.29, 0.717) is 40.3 Å². The summed E-state index contributed by atoms with van der Waals surface area (Å²) < 4.78 is 34.5. The summed E-state index contributed by atoms with van der Waals surface area (Å²) >= 11 is 0. The van der Waals surface area contributed by atoms with Crippen LogP contribution in [0, 0.1) is 18.6 Å². The number of carbonyl (C=O) groups excluding carboxylic acids is 1. The van der Waals surface area contributed by atoms with Crippen LogP contribution in [-0.2, 0) is 4.79 Å². The van der Waals surface area contributed by atoms with Crippen molar-refractivity contribution in [2.24, 2.45) is 0 Å². The minimum absolute atomic E-state index is 0.0526. The third kappa shape index (κ3) is 5.83. The molecular formula is C28H31F2N7O2. The number of ether oxygens (including phenoxy) is 1. The SMILES string of the molecule is C=CC(=O)Nc1cc(Nc2nccc(-c3c[nH]c4c(F)c(C)c(F)cc34)n2)c(OC)cc1N(C)CCN(C)C. The summed E-state index contributed by atoms with van der Waals surface area (Å²) in [6, 6.07) is 6.49. The number of carbonyl (C=O) groups is 1. The fraction of sp³-hybridized carbons (Fsp3) is 0.250. The third-order valence-electron chi connectivity index (χ3n) is 6.33. The second-order valence-corrected chi connectivity index (χ2v) is 9.30. The summed E-state index contributed by atoms with van der Waals surface area (Å²) in [5, 5.41) is 6.37. The molecule has 0 fully saturated rings. The average Bonchev–Trinajstić information content (AvgIpc) is 3.34. The highest BCUT2D eigenvalue weighted by molar-refractivity contribution is 6.02. The molecule has 0 unspecified atom stereocenters. The van der Waals surface area contributed by atoms with E-state index in [1.165, 1.54) is 19.1 Å². The molecular weight excluding hydrogens is 504 g/mol. The van der Waals surface area contributed by atoms with E-state index in [2.05, 4.69) is 37.1 Å². The molecule has 0 radical (unpaired) electrons. The van der Waals surface area contributed by atoms with E-state index in [1.807, 2.05) is 32.1 Å². The number of nitrogens with one attached hydrogen (secondary N) is 3. The Balaban J connectivity index is 1.72. The highest BCUT2D eigenvalue weighted by Crippen LogP contribution is 2.38. The van der Waals surface area contributed by atoms with Crippen LogP contribution in [0.4, 0.5) is 31.8 Å². The van der Waals surface area contributed by atoms with Crippen molar-refractivity contribution in [2.45, 2.75) is 6.92 Å². The minimum atomic E-state index is -0.641. The van der Waals surface area contributed by atoms with Gasteiger partial charge < -0.3 is 30.2 Å². The van der Waals surface area contributed by atoms with Gasteiger partial charge in [-0.15, -0.1) is 0 Å². The number of halogens is 2. The Morgan fingerprint density at radius 2 is 1.95 bits per heavy atom. The molecule has 0 aliphatic carbocycles. The number of benzene rings is 2. The summed E-state index contributed by atoms with van der Waals surface area (Å²) in [5.41, 5.74) is 2.93. The third-order valence-corrected chi connectivity index (χ3v) is 6.33. The summed E-state index contributed by atoms with van der Waals surface area (Å²) in [6.45, 7) is 6.44. The monoisotopic (exact) mass is 535 g/mol. The van der Waals surface area contributed by atoms with E-state index in [9.17, 15) is 13.6 Å². The Morgan fingerprint density at radius 1 is 1.18 bits per heavy atom. The number of aromatic amines is 1. The Kier molecular flexibility index (Phi) is 8.10. The number of amides is 1. The van der Waals surface area contributed by atoms with Crippen LogP contribution in [0.2, 0.25) is 0 Å². The maximum Gasteiger partial charge on any atom is 0.247 e. The molecule has 2 aromatic heterocycles. The first kappa shape index (κ1) is 27.5. The van der Waals surface area contributed by atoms with Crippen molar-refractivity contribution in [3.05, 3.63) is 66.5 Å². The smallest absolute Gasteiger partial charge is 0.247 e. The first-order chi connectivity index (χ1) is 18.6. The van der Waals surface area contributed by atoms with Gasteiger partial charge in [0.25, 0.3) is 0 Å². The summed E-state index contributed by atoms with van der Waals surface area (Å²) in [6.07, 6.45) is 4.32. The molecule has 9 nitrogen and oxygen atoms in total. The summed E-state index contributed by atoms with van der Waals surface area (Å²) in [7, 11) is 7.44. The lowest BCUT2D eigenvalue weighted by atomic mass is 10.1. The zero-order chi connectivity index (χ0) is 28.3. The Morgan fingerprint density at radius 3 is 2.64 bits per heavy atom. The number of fused-ring (bicyclic) bond motifs is 1. The number of likely N-dealkylation sites (N-methyl/N-ethyl adjacent to an activating group) is 2. The predicted molar refractivity (Wildman–Crippen MR) is 151 cm³/mol. The lowest BCUT2D eigenvalue weighted by Crippen LogP contribution is -2.29. The van der Waals surface area contributed by atoms with Gasteiger partial charge >= 0.3 is 0 Å². The molecule has 2 heterocycles. The number of methoxy groups -OCH3 is 1. The van der Waals surface area contributed by atoms with Crippen molar-refractivity contribution in [3.8, 4) is 17.0 Å². The Bertz CT molecular complexity index is 1530. The molecule has 3 N–H and O–H groups in total. The maximum absolute atomic E-state index is 14.6. The number of hydrogen-bond donors (Lipinski definition) is 3. The number of rotatable bonds is 10. The fourth-order valence-electron chi connectivity index (χ4n) is 4.10. The van der Waals surface area contributed by atoms with Gasteiger partial charge in [-0.2, -0.15) is 0 Å². The van der Waals surface area contributed by atoms with Gasteiger partial charge in [-0.25, -0.2) is 18.7 Å². The van der Waals surface area contributed by atoms with Crippen LogP contribution >= 0.6 is 0 Å². The van der Waals surface area contributed by atoms with Crippen molar-refractivity contribution >= 4 is 39.8 Å². The Labute approximate surface area is 225 Å². The fourth-order valence-corrected chi connectivity index (χ4v) is 4.10. The van der Waals surface area contributed by atoms with Crippen LogP contribution in [0.15, 0.2) is 49.3 Å². The molecule has 11 heteroatoms. The van der Waals surface area contributed by atoms with Gasteiger partial charge in [0, 0.05) is 55.1 Å². The minimum Gasteiger partial charge on any atom is -0.494 e. The Hall–Kier alpha value is -4.51. The largest absolute Gasteiger partial charge is 0.494 e. The van der Waals surface area contributed by atoms with Crippen molar-refractivity contribution in [1.82, 2.24) is 19.9 Å². The van der Waals surface area contributed by atoms with Crippen LogP contribution in [-0.4, -0.2) is 67.1 Å². The van der Waals surface area contributed by atoms with Crippen molar-refractivity contribution in [2.75, 3.05) is 56.9 Å². The maximum atomic E-state index is 14.6. The van der Waals surface area contributed by atoms with Gasteiger partial charge in [0.05, 0.1) is 35.4 Å². The highest BCUT2D eigenvalue weighted by Gasteiger charge is 2.18. The normalized spacial score (nSPS) is 11.1. The molecule has 1 amide bonds.